The predicted molar refractivity (Wildman–Crippen MR) is 100 cm³/mol. The minimum Gasteiger partial charge on any atom is -0.362 e. The third-order valence-electron chi connectivity index (χ3n) is 3.44. The van der Waals surface area contributed by atoms with E-state index in [4.69, 9.17) is 12.2 Å². The van der Waals surface area contributed by atoms with Crippen molar-refractivity contribution in [3.05, 3.63) is 64.8 Å². The zero-order chi connectivity index (χ0) is 15.4. The van der Waals surface area contributed by atoms with Gasteiger partial charge in [-0.1, -0.05) is 40.2 Å². The molecule has 0 fully saturated rings. The molecule has 0 aliphatic heterocycles. The summed E-state index contributed by atoms with van der Waals surface area (Å²) in [6.07, 6.45) is 2.99. The maximum atomic E-state index is 5.32. The molecule has 0 aliphatic carbocycles. The number of hydrogen-bond donors (Lipinski definition) is 3. The van der Waals surface area contributed by atoms with Crippen molar-refractivity contribution in [2.24, 2.45) is 0 Å². The van der Waals surface area contributed by atoms with Crippen molar-refractivity contribution in [2.45, 2.75) is 6.42 Å². The normalized spacial score (nSPS) is 10.6. The molecule has 1 aromatic heterocycles. The minimum atomic E-state index is 0.637. The summed E-state index contributed by atoms with van der Waals surface area (Å²) in [6, 6.07) is 16.3. The zero-order valence-electron chi connectivity index (χ0n) is 11.9. The fourth-order valence-corrected chi connectivity index (χ4v) is 3.01. The first-order valence-corrected chi connectivity index (χ1v) is 8.28. The van der Waals surface area contributed by atoms with Crippen LogP contribution < -0.4 is 10.6 Å². The Hall–Kier alpha value is -1.85. The summed E-state index contributed by atoms with van der Waals surface area (Å²) in [5.41, 5.74) is 3.44. The van der Waals surface area contributed by atoms with Crippen molar-refractivity contribution >= 4 is 49.9 Å². The van der Waals surface area contributed by atoms with Gasteiger partial charge in [0.15, 0.2) is 5.11 Å². The van der Waals surface area contributed by atoms with Crippen LogP contribution in [-0.2, 0) is 6.42 Å². The molecule has 3 N–H and O–H groups in total. The Morgan fingerprint density at radius 2 is 2.00 bits per heavy atom. The summed E-state index contributed by atoms with van der Waals surface area (Å²) in [5.74, 6) is 0. The average Bonchev–Trinajstić information content (AvgIpc) is 2.91. The van der Waals surface area contributed by atoms with Gasteiger partial charge in [0.1, 0.15) is 0 Å². The lowest BCUT2D eigenvalue weighted by atomic mass is 10.1. The van der Waals surface area contributed by atoms with Gasteiger partial charge in [0.25, 0.3) is 0 Å². The van der Waals surface area contributed by atoms with Gasteiger partial charge in [-0.15, -0.1) is 0 Å². The van der Waals surface area contributed by atoms with Gasteiger partial charge < -0.3 is 15.6 Å². The van der Waals surface area contributed by atoms with Crippen molar-refractivity contribution < 1.29 is 0 Å². The summed E-state index contributed by atoms with van der Waals surface area (Å²) in [7, 11) is 0. The van der Waals surface area contributed by atoms with Crippen LogP contribution in [0.5, 0.6) is 0 Å². The summed E-state index contributed by atoms with van der Waals surface area (Å²) < 4.78 is 1.03. The number of para-hydroxylation sites is 1. The number of nitrogens with one attached hydrogen (secondary N) is 3. The number of fused-ring (bicyclic) bond motifs is 1. The predicted octanol–water partition coefficient (Wildman–Crippen LogP) is 4.46. The molecule has 0 bridgehead atoms. The summed E-state index contributed by atoms with van der Waals surface area (Å²) in [6.45, 7) is 0.793. The smallest absolute Gasteiger partial charge is 0.170 e. The molecule has 0 aliphatic rings. The van der Waals surface area contributed by atoms with Crippen LogP contribution in [-0.4, -0.2) is 16.6 Å². The molecule has 3 aromatic rings. The van der Waals surface area contributed by atoms with E-state index in [2.05, 4.69) is 55.9 Å². The first kappa shape index (κ1) is 15.1. The Labute approximate surface area is 143 Å². The van der Waals surface area contributed by atoms with E-state index in [1.807, 2.05) is 30.3 Å². The molecule has 3 rings (SSSR count). The molecule has 2 aromatic carbocycles. The Kier molecular flexibility index (Phi) is 4.75. The van der Waals surface area contributed by atoms with E-state index >= 15 is 0 Å². The average molecular weight is 374 g/mol. The number of rotatable bonds is 4. The van der Waals surface area contributed by atoms with Crippen LogP contribution in [0.25, 0.3) is 10.9 Å². The number of thiocarbonyl (C=S) groups is 1. The summed E-state index contributed by atoms with van der Waals surface area (Å²) in [4.78, 5) is 3.29. The second kappa shape index (κ2) is 6.94. The monoisotopic (exact) mass is 373 g/mol. The third-order valence-corrected chi connectivity index (χ3v) is 4.18. The van der Waals surface area contributed by atoms with E-state index in [0.717, 1.165) is 23.1 Å². The molecule has 5 heteroatoms. The van der Waals surface area contributed by atoms with Crippen LogP contribution >= 0.6 is 28.1 Å². The van der Waals surface area contributed by atoms with Crippen LogP contribution in [0.1, 0.15) is 5.56 Å². The number of halogens is 1. The van der Waals surface area contributed by atoms with Crippen molar-refractivity contribution in [2.75, 3.05) is 11.9 Å². The van der Waals surface area contributed by atoms with E-state index in [1.54, 1.807) is 0 Å². The Morgan fingerprint density at radius 1 is 1.14 bits per heavy atom. The number of aromatic amines is 1. The number of H-pyrrole nitrogens is 1. The van der Waals surface area contributed by atoms with Gasteiger partial charge in [0, 0.05) is 33.8 Å². The molecular formula is C17H16BrN3S. The number of benzene rings is 2. The highest BCUT2D eigenvalue weighted by Crippen LogP contribution is 2.18. The fraction of sp³-hybridized carbons (Fsp3) is 0.118. The third kappa shape index (κ3) is 3.67. The van der Waals surface area contributed by atoms with Crippen LogP contribution in [0.15, 0.2) is 59.2 Å². The van der Waals surface area contributed by atoms with Crippen molar-refractivity contribution in [1.29, 1.82) is 0 Å². The van der Waals surface area contributed by atoms with E-state index < -0.39 is 0 Å². The molecule has 0 unspecified atom stereocenters. The maximum Gasteiger partial charge on any atom is 0.170 e. The molecule has 0 saturated carbocycles. The molecule has 3 nitrogen and oxygen atoms in total. The van der Waals surface area contributed by atoms with Crippen LogP contribution in [0.2, 0.25) is 0 Å². The topological polar surface area (TPSA) is 39.9 Å². The number of hydrogen-bond acceptors (Lipinski definition) is 1. The maximum absolute atomic E-state index is 5.32. The lowest BCUT2D eigenvalue weighted by Crippen LogP contribution is -2.30. The molecule has 0 radical (unpaired) electrons. The Morgan fingerprint density at radius 3 is 2.86 bits per heavy atom. The molecule has 0 amide bonds. The molecule has 22 heavy (non-hydrogen) atoms. The SMILES string of the molecule is S=C(NCCc1c[nH]c2ccccc12)Nc1cccc(Br)c1. The van der Waals surface area contributed by atoms with Gasteiger partial charge in [-0.25, -0.2) is 0 Å². The van der Waals surface area contributed by atoms with Gasteiger partial charge in [-0.3, -0.25) is 0 Å². The zero-order valence-corrected chi connectivity index (χ0v) is 14.3. The van der Waals surface area contributed by atoms with E-state index in [0.29, 0.717) is 5.11 Å². The molecule has 0 spiro atoms. The molecule has 0 atom stereocenters. The first-order chi connectivity index (χ1) is 10.7. The number of aromatic nitrogens is 1. The van der Waals surface area contributed by atoms with Crippen LogP contribution in [0, 0.1) is 0 Å². The molecule has 112 valence electrons. The fourth-order valence-electron chi connectivity index (χ4n) is 2.39. The van der Waals surface area contributed by atoms with E-state index in [9.17, 15) is 0 Å². The Balaban J connectivity index is 1.53. The highest BCUT2D eigenvalue weighted by atomic mass is 79.9. The summed E-state index contributed by atoms with van der Waals surface area (Å²) >= 11 is 8.77. The standard InChI is InChI=1S/C17H16BrN3S/c18-13-4-3-5-14(10-13)21-17(22)19-9-8-12-11-20-16-7-2-1-6-15(12)16/h1-7,10-11,20H,8-9H2,(H2,19,21,22). The second-order valence-corrected chi connectivity index (χ2v) is 6.32. The largest absolute Gasteiger partial charge is 0.362 e. The van der Waals surface area contributed by atoms with Crippen LogP contribution in [0.4, 0.5) is 5.69 Å². The quantitative estimate of drug-likeness (QED) is 0.591. The van der Waals surface area contributed by atoms with Crippen molar-refractivity contribution in [1.82, 2.24) is 10.3 Å². The highest BCUT2D eigenvalue weighted by molar-refractivity contribution is 9.10. The second-order valence-electron chi connectivity index (χ2n) is 5.00. The highest BCUT2D eigenvalue weighted by Gasteiger charge is 2.03. The lowest BCUT2D eigenvalue weighted by molar-refractivity contribution is 0.878. The van der Waals surface area contributed by atoms with Crippen molar-refractivity contribution in [3.63, 3.8) is 0 Å². The van der Waals surface area contributed by atoms with E-state index in [1.165, 1.54) is 16.5 Å². The van der Waals surface area contributed by atoms with Gasteiger partial charge in [0.2, 0.25) is 0 Å². The number of anilines is 1. The lowest BCUT2D eigenvalue weighted by Gasteiger charge is -2.10. The Bertz CT molecular complexity index is 797. The van der Waals surface area contributed by atoms with Gasteiger partial charge in [-0.2, -0.15) is 0 Å². The molecular weight excluding hydrogens is 358 g/mol. The van der Waals surface area contributed by atoms with Gasteiger partial charge in [-0.05, 0) is 48.5 Å². The minimum absolute atomic E-state index is 0.637. The van der Waals surface area contributed by atoms with Crippen LogP contribution in [0.3, 0.4) is 0 Å². The molecule has 1 heterocycles. The van der Waals surface area contributed by atoms with E-state index in [-0.39, 0.29) is 0 Å². The first-order valence-electron chi connectivity index (χ1n) is 7.08. The van der Waals surface area contributed by atoms with Crippen molar-refractivity contribution in [3.8, 4) is 0 Å². The molecule has 0 saturated heterocycles. The van der Waals surface area contributed by atoms with Gasteiger partial charge in [0.05, 0.1) is 0 Å². The van der Waals surface area contributed by atoms with Gasteiger partial charge >= 0.3 is 0 Å². The summed E-state index contributed by atoms with van der Waals surface area (Å²) in [5, 5.41) is 8.34.